The minimum Gasteiger partial charge on any atom is -0.504 e. The molecule has 5 nitrogen and oxygen atoms in total. The normalized spacial score (nSPS) is 25.5. The number of phenolic OH excluding ortho intramolecular Hbond substituents is 1. The van der Waals surface area contributed by atoms with Crippen molar-refractivity contribution in [3.63, 3.8) is 0 Å². The maximum absolute atomic E-state index is 10.9. The number of hydrogen-bond acceptors (Lipinski definition) is 5. The zero-order chi connectivity index (χ0) is 13.6. The third kappa shape index (κ3) is 1.76. The number of nitrogens with zero attached hydrogens (tertiary/aromatic N) is 1. The fraction of sp³-hybridized carbons (Fsp3) is 0.571. The number of rotatable bonds is 1. The summed E-state index contributed by atoms with van der Waals surface area (Å²) in [6.07, 6.45) is 2.14. The lowest BCUT2D eigenvalue weighted by Crippen LogP contribution is -2.35. The summed E-state index contributed by atoms with van der Waals surface area (Å²) < 4.78 is 5.65. The second-order valence-corrected chi connectivity index (χ2v) is 5.46. The zero-order valence-corrected chi connectivity index (χ0v) is 11.1. The molecule has 0 fully saturated rings. The summed E-state index contributed by atoms with van der Waals surface area (Å²) >= 11 is 0. The van der Waals surface area contributed by atoms with Gasteiger partial charge in [0, 0.05) is 37.5 Å². The van der Waals surface area contributed by atoms with Gasteiger partial charge in [-0.1, -0.05) is 0 Å². The van der Waals surface area contributed by atoms with Gasteiger partial charge in [-0.3, -0.25) is 0 Å². The minimum absolute atomic E-state index is 0.0938. The van der Waals surface area contributed by atoms with Crippen molar-refractivity contribution in [1.29, 1.82) is 0 Å². The van der Waals surface area contributed by atoms with E-state index >= 15 is 0 Å². The van der Waals surface area contributed by atoms with Crippen molar-refractivity contribution in [3.05, 3.63) is 17.2 Å². The molecule has 0 spiro atoms. The Balaban J connectivity index is 2.27. The molecule has 0 radical (unpaired) electrons. The van der Waals surface area contributed by atoms with Crippen molar-refractivity contribution in [1.82, 2.24) is 0 Å². The standard InChI is InChI=1S/C14H20N2O3/c1-16-5-3-9-10(16)7-11(17)13-12(9)14(18,8-15)4-2-6-19-13/h7,17-18H,2-6,8,15H2,1H3. The van der Waals surface area contributed by atoms with E-state index in [-0.39, 0.29) is 12.3 Å². The van der Waals surface area contributed by atoms with Gasteiger partial charge in [0.15, 0.2) is 11.5 Å². The van der Waals surface area contributed by atoms with Crippen LogP contribution in [0, 0.1) is 0 Å². The Morgan fingerprint density at radius 3 is 3.05 bits per heavy atom. The zero-order valence-electron chi connectivity index (χ0n) is 11.1. The molecule has 1 aromatic carbocycles. The average Bonchev–Trinajstić information content (AvgIpc) is 2.65. The molecule has 0 bridgehead atoms. The van der Waals surface area contributed by atoms with Crippen LogP contribution in [0.1, 0.15) is 24.0 Å². The Kier molecular flexibility index (Phi) is 2.83. The predicted octanol–water partition coefficient (Wildman–Crippen LogP) is 0.703. The molecule has 0 saturated carbocycles. The van der Waals surface area contributed by atoms with Gasteiger partial charge < -0.3 is 25.6 Å². The number of anilines is 1. The van der Waals surface area contributed by atoms with Gasteiger partial charge in [0.1, 0.15) is 5.60 Å². The van der Waals surface area contributed by atoms with Gasteiger partial charge in [0.25, 0.3) is 0 Å². The Morgan fingerprint density at radius 2 is 2.32 bits per heavy atom. The molecule has 3 rings (SSSR count). The maximum Gasteiger partial charge on any atom is 0.167 e. The number of likely N-dealkylation sites (N-methyl/N-ethyl adjacent to an activating group) is 1. The smallest absolute Gasteiger partial charge is 0.167 e. The first-order valence-corrected chi connectivity index (χ1v) is 6.72. The molecule has 2 aliphatic heterocycles. The van der Waals surface area contributed by atoms with E-state index in [1.807, 2.05) is 7.05 Å². The lowest BCUT2D eigenvalue weighted by Gasteiger charge is -2.29. The van der Waals surface area contributed by atoms with Crippen LogP contribution in [0.15, 0.2) is 6.07 Å². The van der Waals surface area contributed by atoms with Gasteiger partial charge in [0.05, 0.1) is 6.61 Å². The molecule has 0 amide bonds. The van der Waals surface area contributed by atoms with Crippen LogP contribution < -0.4 is 15.4 Å². The van der Waals surface area contributed by atoms with E-state index in [1.165, 1.54) is 0 Å². The maximum atomic E-state index is 10.9. The van der Waals surface area contributed by atoms with Crippen LogP contribution in [0.25, 0.3) is 0 Å². The fourth-order valence-electron chi connectivity index (χ4n) is 3.18. The number of hydrogen-bond donors (Lipinski definition) is 3. The van der Waals surface area contributed by atoms with Gasteiger partial charge in [-0.2, -0.15) is 0 Å². The Hall–Kier alpha value is -1.46. The fourth-order valence-corrected chi connectivity index (χ4v) is 3.18. The monoisotopic (exact) mass is 264 g/mol. The topological polar surface area (TPSA) is 79.0 Å². The van der Waals surface area contributed by atoms with Crippen LogP contribution in [0.5, 0.6) is 11.5 Å². The molecule has 2 aliphatic rings. The highest BCUT2D eigenvalue weighted by atomic mass is 16.5. The van der Waals surface area contributed by atoms with Crippen LogP contribution in [0.2, 0.25) is 0 Å². The van der Waals surface area contributed by atoms with Gasteiger partial charge in [-0.25, -0.2) is 0 Å². The van der Waals surface area contributed by atoms with Crippen LogP contribution in [0.3, 0.4) is 0 Å². The van der Waals surface area contributed by atoms with E-state index in [1.54, 1.807) is 6.07 Å². The largest absolute Gasteiger partial charge is 0.504 e. The molecule has 4 N–H and O–H groups in total. The minimum atomic E-state index is -1.10. The summed E-state index contributed by atoms with van der Waals surface area (Å²) in [5, 5.41) is 21.0. The number of nitrogens with two attached hydrogens (primary N) is 1. The Labute approximate surface area is 112 Å². The predicted molar refractivity (Wildman–Crippen MR) is 72.8 cm³/mol. The number of phenols is 1. The highest BCUT2D eigenvalue weighted by Gasteiger charge is 2.39. The summed E-state index contributed by atoms with van der Waals surface area (Å²) in [5.41, 5.74) is 7.43. The molecular formula is C14H20N2O3. The van der Waals surface area contributed by atoms with E-state index in [0.29, 0.717) is 24.3 Å². The van der Waals surface area contributed by atoms with Crippen molar-refractivity contribution in [2.75, 3.05) is 31.6 Å². The summed E-state index contributed by atoms with van der Waals surface area (Å²) in [5.74, 6) is 0.510. The lowest BCUT2D eigenvalue weighted by atomic mass is 9.84. The molecule has 1 unspecified atom stereocenters. The van der Waals surface area contributed by atoms with Crippen molar-refractivity contribution >= 4 is 5.69 Å². The molecular weight excluding hydrogens is 244 g/mol. The first kappa shape index (κ1) is 12.6. The number of aliphatic hydroxyl groups is 1. The van der Waals surface area contributed by atoms with Crippen LogP contribution in [-0.4, -0.2) is 37.0 Å². The molecule has 104 valence electrons. The SMILES string of the molecule is CN1CCc2c1cc(O)c1c2C(O)(CN)CCCO1. The third-order valence-corrected chi connectivity index (χ3v) is 4.24. The van der Waals surface area contributed by atoms with E-state index in [2.05, 4.69) is 4.90 Å². The van der Waals surface area contributed by atoms with Crippen molar-refractivity contribution in [2.24, 2.45) is 5.73 Å². The number of fused-ring (bicyclic) bond motifs is 3. The second-order valence-electron chi connectivity index (χ2n) is 5.46. The molecule has 1 atom stereocenters. The highest BCUT2D eigenvalue weighted by molar-refractivity contribution is 5.70. The lowest BCUT2D eigenvalue weighted by molar-refractivity contribution is 0.0366. The molecule has 0 aliphatic carbocycles. The van der Waals surface area contributed by atoms with Gasteiger partial charge in [-0.15, -0.1) is 0 Å². The van der Waals surface area contributed by atoms with Crippen LogP contribution >= 0.6 is 0 Å². The van der Waals surface area contributed by atoms with Crippen molar-refractivity contribution < 1.29 is 14.9 Å². The van der Waals surface area contributed by atoms with E-state index in [4.69, 9.17) is 10.5 Å². The Bertz CT molecular complexity index is 518. The number of aromatic hydroxyl groups is 1. The second kappa shape index (κ2) is 4.28. The molecule has 19 heavy (non-hydrogen) atoms. The number of ether oxygens (including phenoxy) is 1. The first-order chi connectivity index (χ1) is 9.07. The highest BCUT2D eigenvalue weighted by Crippen LogP contribution is 2.48. The Morgan fingerprint density at radius 1 is 1.53 bits per heavy atom. The summed E-state index contributed by atoms with van der Waals surface area (Å²) in [6, 6.07) is 1.73. The number of benzene rings is 1. The molecule has 5 heteroatoms. The van der Waals surface area contributed by atoms with Crippen LogP contribution in [0.4, 0.5) is 5.69 Å². The van der Waals surface area contributed by atoms with Gasteiger partial charge >= 0.3 is 0 Å². The van der Waals surface area contributed by atoms with Gasteiger partial charge in [-0.05, 0) is 24.8 Å². The molecule has 0 saturated heterocycles. The molecule has 2 heterocycles. The van der Waals surface area contributed by atoms with Crippen molar-refractivity contribution in [2.45, 2.75) is 24.9 Å². The summed E-state index contributed by atoms with van der Waals surface area (Å²) in [4.78, 5) is 2.08. The van der Waals surface area contributed by atoms with E-state index in [0.717, 1.165) is 30.6 Å². The quantitative estimate of drug-likeness (QED) is 0.696. The summed E-state index contributed by atoms with van der Waals surface area (Å²) in [7, 11) is 1.98. The summed E-state index contributed by atoms with van der Waals surface area (Å²) in [6.45, 7) is 1.52. The molecule has 1 aromatic rings. The average molecular weight is 264 g/mol. The third-order valence-electron chi connectivity index (χ3n) is 4.24. The molecule has 0 aromatic heterocycles. The first-order valence-electron chi connectivity index (χ1n) is 6.72. The van der Waals surface area contributed by atoms with Crippen molar-refractivity contribution in [3.8, 4) is 11.5 Å². The van der Waals surface area contributed by atoms with Crippen LogP contribution in [-0.2, 0) is 12.0 Å². The van der Waals surface area contributed by atoms with E-state index < -0.39 is 5.60 Å². The van der Waals surface area contributed by atoms with Gasteiger partial charge in [0.2, 0.25) is 0 Å². The van der Waals surface area contributed by atoms with E-state index in [9.17, 15) is 10.2 Å².